The highest BCUT2D eigenvalue weighted by molar-refractivity contribution is 6.30. The lowest BCUT2D eigenvalue weighted by molar-refractivity contribution is 0.237. The van der Waals surface area contributed by atoms with E-state index in [-0.39, 0.29) is 18.6 Å². The van der Waals surface area contributed by atoms with Crippen LogP contribution in [0.1, 0.15) is 24.1 Å². The summed E-state index contributed by atoms with van der Waals surface area (Å²) in [6.07, 6.45) is 3.51. The van der Waals surface area contributed by atoms with E-state index in [0.29, 0.717) is 10.6 Å². The van der Waals surface area contributed by atoms with E-state index in [1.807, 2.05) is 13.1 Å². The number of rotatable bonds is 4. The van der Waals surface area contributed by atoms with Crippen LogP contribution in [-0.4, -0.2) is 15.8 Å². The maximum Gasteiger partial charge on any atom is 0.315 e. The molecular weight excluding hydrogens is 295 g/mol. The number of hydrogen-bond donors (Lipinski definition) is 2. The van der Waals surface area contributed by atoms with Crippen molar-refractivity contribution in [2.45, 2.75) is 19.5 Å². The van der Waals surface area contributed by atoms with Gasteiger partial charge >= 0.3 is 6.03 Å². The SMILES string of the molecule is C[C@H](NC(=O)NCc1ccc(Cl)cc1F)c1cnn(C)c1. The number of urea groups is 1. The van der Waals surface area contributed by atoms with E-state index >= 15 is 0 Å². The van der Waals surface area contributed by atoms with Gasteiger partial charge in [0.1, 0.15) is 5.82 Å². The first-order valence-electron chi connectivity index (χ1n) is 6.42. The standard InChI is InChI=1S/C14H16ClFN4O/c1-9(11-7-18-20(2)8-11)19-14(21)17-6-10-3-4-12(15)5-13(10)16/h3-5,7-9H,6H2,1-2H3,(H2,17,19,21)/t9-/m0/s1. The number of aryl methyl sites for hydroxylation is 1. The van der Waals surface area contributed by atoms with Gasteiger partial charge in [0.15, 0.2) is 0 Å². The van der Waals surface area contributed by atoms with E-state index in [1.165, 1.54) is 6.07 Å². The van der Waals surface area contributed by atoms with Gasteiger partial charge in [-0.05, 0) is 19.1 Å². The molecule has 112 valence electrons. The van der Waals surface area contributed by atoms with Gasteiger partial charge in [-0.15, -0.1) is 0 Å². The fourth-order valence-electron chi connectivity index (χ4n) is 1.84. The van der Waals surface area contributed by atoms with Crippen molar-refractivity contribution in [3.63, 3.8) is 0 Å². The summed E-state index contributed by atoms with van der Waals surface area (Å²) in [5.41, 5.74) is 1.27. The minimum atomic E-state index is -0.442. The maximum atomic E-state index is 13.6. The third-order valence-corrected chi connectivity index (χ3v) is 3.26. The summed E-state index contributed by atoms with van der Waals surface area (Å²) in [5, 5.41) is 9.73. The minimum absolute atomic E-state index is 0.0919. The number of carbonyl (C=O) groups is 1. The van der Waals surface area contributed by atoms with Crippen molar-refractivity contribution in [2.24, 2.45) is 7.05 Å². The largest absolute Gasteiger partial charge is 0.334 e. The predicted octanol–water partition coefficient (Wildman–Crippen LogP) is 2.77. The van der Waals surface area contributed by atoms with Crippen LogP contribution < -0.4 is 10.6 Å². The van der Waals surface area contributed by atoms with Crippen LogP contribution in [0.4, 0.5) is 9.18 Å². The van der Waals surface area contributed by atoms with Crippen LogP contribution in [0.15, 0.2) is 30.6 Å². The van der Waals surface area contributed by atoms with Crippen LogP contribution in [0.3, 0.4) is 0 Å². The van der Waals surface area contributed by atoms with Crippen molar-refractivity contribution >= 4 is 17.6 Å². The molecule has 0 aliphatic carbocycles. The van der Waals surface area contributed by atoms with E-state index in [4.69, 9.17) is 11.6 Å². The number of hydrogen-bond acceptors (Lipinski definition) is 2. The summed E-state index contributed by atoms with van der Waals surface area (Å²) in [5.74, 6) is -0.442. The quantitative estimate of drug-likeness (QED) is 0.912. The van der Waals surface area contributed by atoms with Crippen molar-refractivity contribution in [3.8, 4) is 0 Å². The highest BCUT2D eigenvalue weighted by Gasteiger charge is 2.11. The number of carbonyl (C=O) groups excluding carboxylic acids is 1. The van der Waals surface area contributed by atoms with Crippen molar-refractivity contribution in [1.29, 1.82) is 0 Å². The van der Waals surface area contributed by atoms with Crippen LogP contribution in [0.25, 0.3) is 0 Å². The molecule has 0 unspecified atom stereocenters. The highest BCUT2D eigenvalue weighted by atomic mass is 35.5. The maximum absolute atomic E-state index is 13.6. The Hall–Kier alpha value is -2.08. The summed E-state index contributed by atoms with van der Waals surface area (Å²) in [6, 6.07) is 3.78. The minimum Gasteiger partial charge on any atom is -0.334 e. The number of nitrogens with zero attached hydrogens (tertiary/aromatic N) is 2. The smallest absolute Gasteiger partial charge is 0.315 e. The molecule has 1 atom stereocenters. The second-order valence-corrected chi connectivity index (χ2v) is 5.17. The fraction of sp³-hybridized carbons (Fsp3) is 0.286. The summed E-state index contributed by atoms with van der Waals surface area (Å²) < 4.78 is 15.2. The molecule has 2 rings (SSSR count). The number of aromatic nitrogens is 2. The average molecular weight is 311 g/mol. The van der Waals surface area contributed by atoms with Gasteiger partial charge in [0.25, 0.3) is 0 Å². The summed E-state index contributed by atoms with van der Waals surface area (Å²) in [4.78, 5) is 11.8. The Morgan fingerprint density at radius 2 is 2.29 bits per heavy atom. The average Bonchev–Trinajstić information content (AvgIpc) is 2.84. The molecule has 7 heteroatoms. The van der Waals surface area contributed by atoms with E-state index < -0.39 is 5.82 Å². The summed E-state index contributed by atoms with van der Waals surface area (Å²) in [7, 11) is 1.81. The number of halogens is 2. The van der Waals surface area contributed by atoms with E-state index in [9.17, 15) is 9.18 Å². The number of benzene rings is 1. The van der Waals surface area contributed by atoms with Gasteiger partial charge in [-0.3, -0.25) is 4.68 Å². The molecule has 21 heavy (non-hydrogen) atoms. The Morgan fingerprint density at radius 3 is 2.90 bits per heavy atom. The van der Waals surface area contributed by atoms with Gasteiger partial charge in [0.2, 0.25) is 0 Å². The van der Waals surface area contributed by atoms with Crippen LogP contribution >= 0.6 is 11.6 Å². The zero-order valence-corrected chi connectivity index (χ0v) is 12.5. The van der Waals surface area contributed by atoms with Crippen LogP contribution in [0.5, 0.6) is 0 Å². The third-order valence-electron chi connectivity index (χ3n) is 3.03. The van der Waals surface area contributed by atoms with E-state index in [1.54, 1.807) is 30.1 Å². The van der Waals surface area contributed by atoms with Crippen LogP contribution in [0, 0.1) is 5.82 Å². The molecule has 0 aliphatic rings. The van der Waals surface area contributed by atoms with Gasteiger partial charge in [-0.25, -0.2) is 9.18 Å². The normalized spacial score (nSPS) is 12.0. The lowest BCUT2D eigenvalue weighted by Gasteiger charge is -2.13. The fourth-order valence-corrected chi connectivity index (χ4v) is 1.99. The lowest BCUT2D eigenvalue weighted by Crippen LogP contribution is -2.36. The molecule has 0 spiro atoms. The number of amides is 2. The van der Waals surface area contributed by atoms with Gasteiger partial charge in [0, 0.05) is 35.9 Å². The molecule has 0 aliphatic heterocycles. The molecular formula is C14H16ClFN4O. The van der Waals surface area contributed by atoms with Crippen LogP contribution in [0.2, 0.25) is 5.02 Å². The summed E-state index contributed by atoms with van der Waals surface area (Å²) in [6.45, 7) is 1.94. The molecule has 0 saturated carbocycles. The number of nitrogens with one attached hydrogen (secondary N) is 2. The monoisotopic (exact) mass is 310 g/mol. The third kappa shape index (κ3) is 4.19. The Bertz CT molecular complexity index is 644. The molecule has 0 saturated heterocycles. The molecule has 0 fully saturated rings. The second-order valence-electron chi connectivity index (χ2n) is 4.73. The first-order chi connectivity index (χ1) is 9.95. The zero-order chi connectivity index (χ0) is 15.4. The first-order valence-corrected chi connectivity index (χ1v) is 6.80. The van der Waals surface area contributed by atoms with Crippen molar-refractivity contribution in [1.82, 2.24) is 20.4 Å². The van der Waals surface area contributed by atoms with Crippen molar-refractivity contribution < 1.29 is 9.18 Å². The molecule has 2 aromatic rings. The molecule has 1 aromatic heterocycles. The first kappa shape index (κ1) is 15.3. The topological polar surface area (TPSA) is 59.0 Å². The Balaban J connectivity index is 1.87. The van der Waals surface area contributed by atoms with Crippen molar-refractivity contribution in [3.05, 3.63) is 52.6 Å². The lowest BCUT2D eigenvalue weighted by atomic mass is 10.2. The Kier molecular flexibility index (Phi) is 4.80. The molecule has 2 amide bonds. The molecule has 1 aromatic carbocycles. The molecule has 1 heterocycles. The van der Waals surface area contributed by atoms with Crippen LogP contribution in [-0.2, 0) is 13.6 Å². The van der Waals surface area contributed by atoms with E-state index in [2.05, 4.69) is 15.7 Å². The Labute approximate surface area is 127 Å². The zero-order valence-electron chi connectivity index (χ0n) is 11.7. The van der Waals surface area contributed by atoms with Crippen molar-refractivity contribution in [2.75, 3.05) is 0 Å². The Morgan fingerprint density at radius 1 is 1.52 bits per heavy atom. The molecule has 0 bridgehead atoms. The predicted molar refractivity (Wildman–Crippen MR) is 78.4 cm³/mol. The second kappa shape index (κ2) is 6.58. The van der Waals surface area contributed by atoms with E-state index in [0.717, 1.165) is 5.56 Å². The molecule has 0 radical (unpaired) electrons. The highest BCUT2D eigenvalue weighted by Crippen LogP contribution is 2.14. The molecule has 5 nitrogen and oxygen atoms in total. The van der Waals surface area contributed by atoms with Gasteiger partial charge in [0.05, 0.1) is 12.2 Å². The van der Waals surface area contributed by atoms with Gasteiger partial charge in [-0.2, -0.15) is 5.10 Å². The summed E-state index contributed by atoms with van der Waals surface area (Å²) >= 11 is 5.67. The van der Waals surface area contributed by atoms with Gasteiger partial charge < -0.3 is 10.6 Å². The van der Waals surface area contributed by atoms with Gasteiger partial charge in [-0.1, -0.05) is 17.7 Å². The molecule has 2 N–H and O–H groups in total.